The number of hydrogen-bond acceptors (Lipinski definition) is 4. The Balaban J connectivity index is 1.78. The Morgan fingerprint density at radius 3 is 2.21 bits per heavy atom. The van der Waals surface area contributed by atoms with E-state index >= 15 is 0 Å². The Kier molecular flexibility index (Phi) is 2.80. The molecule has 0 amide bonds. The SMILES string of the molecule is CC1(C)OC[C@H](CC2C(=O)c3ccccc3C2=O)O1. The lowest BCUT2D eigenvalue weighted by molar-refractivity contribution is -0.139. The maximum absolute atomic E-state index is 12.2. The summed E-state index contributed by atoms with van der Waals surface area (Å²) in [6.45, 7) is 4.10. The number of fused-ring (bicyclic) bond motifs is 1. The minimum atomic E-state index is -0.623. The van der Waals surface area contributed by atoms with Crippen LogP contribution in [-0.2, 0) is 9.47 Å². The van der Waals surface area contributed by atoms with E-state index in [1.165, 1.54) is 0 Å². The molecule has 19 heavy (non-hydrogen) atoms. The first-order valence-electron chi connectivity index (χ1n) is 6.47. The number of ketones is 2. The van der Waals surface area contributed by atoms with Crippen molar-refractivity contribution in [1.29, 1.82) is 0 Å². The molecule has 0 unspecified atom stereocenters. The molecular weight excluding hydrogens is 244 g/mol. The van der Waals surface area contributed by atoms with Crippen LogP contribution in [0.25, 0.3) is 0 Å². The summed E-state index contributed by atoms with van der Waals surface area (Å²) >= 11 is 0. The number of hydrogen-bond donors (Lipinski definition) is 0. The van der Waals surface area contributed by atoms with E-state index in [-0.39, 0.29) is 17.7 Å². The molecule has 4 nitrogen and oxygen atoms in total. The van der Waals surface area contributed by atoms with Crippen LogP contribution in [0.4, 0.5) is 0 Å². The van der Waals surface area contributed by atoms with E-state index in [0.717, 1.165) is 0 Å². The minimum Gasteiger partial charge on any atom is -0.348 e. The van der Waals surface area contributed by atoms with Crippen molar-refractivity contribution < 1.29 is 19.1 Å². The summed E-state index contributed by atoms with van der Waals surface area (Å²) in [6, 6.07) is 6.99. The standard InChI is InChI=1S/C15H16O4/c1-15(2)18-8-9(19-15)7-12-13(16)10-5-3-4-6-11(10)14(12)17/h3-6,9,12H,7-8H2,1-2H3/t9-/m0/s1. The summed E-state index contributed by atoms with van der Waals surface area (Å²) < 4.78 is 11.1. The normalized spacial score (nSPS) is 25.9. The fourth-order valence-corrected chi connectivity index (χ4v) is 2.76. The van der Waals surface area contributed by atoms with Gasteiger partial charge in [0.15, 0.2) is 17.4 Å². The molecule has 1 aliphatic heterocycles. The maximum Gasteiger partial charge on any atom is 0.174 e. The van der Waals surface area contributed by atoms with E-state index < -0.39 is 11.7 Å². The largest absolute Gasteiger partial charge is 0.348 e. The number of ether oxygens (including phenoxy) is 2. The van der Waals surface area contributed by atoms with Crippen LogP contribution >= 0.6 is 0 Å². The van der Waals surface area contributed by atoms with Crippen molar-refractivity contribution >= 4 is 11.6 Å². The van der Waals surface area contributed by atoms with Gasteiger partial charge in [-0.3, -0.25) is 9.59 Å². The number of carbonyl (C=O) groups is 2. The lowest BCUT2D eigenvalue weighted by atomic mass is 9.96. The molecule has 0 bridgehead atoms. The third-order valence-corrected chi connectivity index (χ3v) is 3.66. The Bertz CT molecular complexity index is 512. The Hall–Kier alpha value is -1.52. The zero-order valence-corrected chi connectivity index (χ0v) is 11.0. The van der Waals surface area contributed by atoms with Gasteiger partial charge < -0.3 is 9.47 Å². The van der Waals surface area contributed by atoms with Gasteiger partial charge in [-0.15, -0.1) is 0 Å². The van der Waals surface area contributed by atoms with Crippen molar-refractivity contribution in [1.82, 2.24) is 0 Å². The van der Waals surface area contributed by atoms with Crippen molar-refractivity contribution in [3.8, 4) is 0 Å². The van der Waals surface area contributed by atoms with Crippen LogP contribution in [0.2, 0.25) is 0 Å². The smallest absolute Gasteiger partial charge is 0.174 e. The van der Waals surface area contributed by atoms with Crippen LogP contribution in [0.3, 0.4) is 0 Å². The van der Waals surface area contributed by atoms with Crippen LogP contribution in [-0.4, -0.2) is 30.1 Å². The third-order valence-electron chi connectivity index (χ3n) is 3.66. The molecule has 1 aromatic rings. The van der Waals surface area contributed by atoms with Crippen molar-refractivity contribution in [3.05, 3.63) is 35.4 Å². The molecule has 0 aromatic heterocycles. The van der Waals surface area contributed by atoms with Gasteiger partial charge in [0.1, 0.15) is 0 Å². The molecule has 4 heteroatoms. The predicted octanol–water partition coefficient (Wildman–Crippen LogP) is 2.22. The Morgan fingerprint density at radius 2 is 1.74 bits per heavy atom. The Morgan fingerprint density at radius 1 is 1.16 bits per heavy atom. The highest BCUT2D eigenvalue weighted by atomic mass is 16.7. The highest BCUT2D eigenvalue weighted by Gasteiger charge is 2.42. The van der Waals surface area contributed by atoms with Crippen molar-refractivity contribution in [2.75, 3.05) is 6.61 Å². The molecule has 0 N–H and O–H groups in total. The summed E-state index contributed by atoms with van der Waals surface area (Å²) in [7, 11) is 0. The lowest BCUT2D eigenvalue weighted by Gasteiger charge is -2.18. The van der Waals surface area contributed by atoms with Crippen molar-refractivity contribution in [3.63, 3.8) is 0 Å². The van der Waals surface area contributed by atoms with Crippen LogP contribution in [0, 0.1) is 5.92 Å². The maximum atomic E-state index is 12.2. The molecule has 2 aliphatic rings. The molecule has 1 aromatic carbocycles. The summed E-state index contributed by atoms with van der Waals surface area (Å²) in [5, 5.41) is 0. The number of carbonyl (C=O) groups excluding carboxylic acids is 2. The highest BCUT2D eigenvalue weighted by Crippen LogP contribution is 2.33. The van der Waals surface area contributed by atoms with Crippen LogP contribution in [0.1, 0.15) is 41.0 Å². The molecule has 3 rings (SSSR count). The van der Waals surface area contributed by atoms with Gasteiger partial charge in [-0.05, 0) is 20.3 Å². The van der Waals surface area contributed by atoms with E-state index in [0.29, 0.717) is 24.2 Å². The predicted molar refractivity (Wildman–Crippen MR) is 68.1 cm³/mol. The molecule has 1 fully saturated rings. The first kappa shape index (κ1) is 12.5. The summed E-state index contributed by atoms with van der Waals surface area (Å²) in [6.07, 6.45) is 0.206. The molecule has 1 saturated heterocycles. The second-order valence-electron chi connectivity index (χ2n) is 5.51. The van der Waals surface area contributed by atoms with Crippen molar-refractivity contribution in [2.24, 2.45) is 5.92 Å². The van der Waals surface area contributed by atoms with Gasteiger partial charge in [-0.2, -0.15) is 0 Å². The molecule has 1 atom stereocenters. The third kappa shape index (κ3) is 2.11. The number of rotatable bonds is 2. The molecule has 1 aliphatic carbocycles. The lowest BCUT2D eigenvalue weighted by Crippen LogP contribution is -2.26. The first-order valence-corrected chi connectivity index (χ1v) is 6.47. The quantitative estimate of drug-likeness (QED) is 0.765. The molecular formula is C15H16O4. The zero-order chi connectivity index (χ0) is 13.6. The average Bonchev–Trinajstić information content (AvgIpc) is 2.83. The van der Waals surface area contributed by atoms with E-state index in [1.807, 2.05) is 13.8 Å². The first-order chi connectivity index (χ1) is 8.98. The molecule has 0 radical (unpaired) electrons. The van der Waals surface area contributed by atoms with Gasteiger partial charge in [-0.1, -0.05) is 24.3 Å². The highest BCUT2D eigenvalue weighted by molar-refractivity contribution is 6.26. The summed E-state index contributed by atoms with van der Waals surface area (Å²) in [5.41, 5.74) is 1.08. The van der Waals surface area contributed by atoms with Gasteiger partial charge in [0.2, 0.25) is 0 Å². The van der Waals surface area contributed by atoms with E-state index in [4.69, 9.17) is 9.47 Å². The zero-order valence-electron chi connectivity index (χ0n) is 11.0. The fraction of sp³-hybridized carbons (Fsp3) is 0.467. The summed E-state index contributed by atoms with van der Waals surface area (Å²) in [4.78, 5) is 24.5. The van der Waals surface area contributed by atoms with Crippen LogP contribution in [0.5, 0.6) is 0 Å². The molecule has 1 heterocycles. The van der Waals surface area contributed by atoms with Gasteiger partial charge in [-0.25, -0.2) is 0 Å². The van der Waals surface area contributed by atoms with E-state index in [9.17, 15) is 9.59 Å². The van der Waals surface area contributed by atoms with Gasteiger partial charge in [0.25, 0.3) is 0 Å². The Labute approximate surface area is 111 Å². The second kappa shape index (κ2) is 4.25. The van der Waals surface area contributed by atoms with Crippen molar-refractivity contribution in [2.45, 2.75) is 32.2 Å². The fourth-order valence-electron chi connectivity index (χ4n) is 2.76. The van der Waals surface area contributed by atoms with Gasteiger partial charge in [0, 0.05) is 11.1 Å². The monoisotopic (exact) mass is 260 g/mol. The van der Waals surface area contributed by atoms with Gasteiger partial charge in [0.05, 0.1) is 18.6 Å². The molecule has 0 spiro atoms. The van der Waals surface area contributed by atoms with E-state index in [2.05, 4.69) is 0 Å². The van der Waals surface area contributed by atoms with Crippen LogP contribution < -0.4 is 0 Å². The topological polar surface area (TPSA) is 52.6 Å². The average molecular weight is 260 g/mol. The number of Topliss-reactive ketones (excluding diaryl/α,β-unsaturated/α-hetero) is 2. The van der Waals surface area contributed by atoms with Crippen LogP contribution in [0.15, 0.2) is 24.3 Å². The molecule has 0 saturated carbocycles. The second-order valence-corrected chi connectivity index (χ2v) is 5.51. The van der Waals surface area contributed by atoms with E-state index in [1.54, 1.807) is 24.3 Å². The van der Waals surface area contributed by atoms with Gasteiger partial charge >= 0.3 is 0 Å². The number of benzene rings is 1. The molecule has 100 valence electrons. The summed E-state index contributed by atoms with van der Waals surface area (Å²) in [5.74, 6) is -1.41. The minimum absolute atomic E-state index is 0.0890.